The highest BCUT2D eigenvalue weighted by Crippen LogP contribution is 2.17. The highest BCUT2D eigenvalue weighted by molar-refractivity contribution is 5.67. The maximum Gasteiger partial charge on any atom is 0.410 e. The molecule has 1 unspecified atom stereocenters. The second kappa shape index (κ2) is 9.18. The molecule has 1 amide bonds. The molecule has 1 atom stereocenters. The highest BCUT2D eigenvalue weighted by atomic mass is 16.6. The van der Waals surface area contributed by atoms with E-state index in [9.17, 15) is 4.79 Å². The number of aliphatic hydroxyl groups excluding tert-OH is 1. The van der Waals surface area contributed by atoms with Gasteiger partial charge in [0.05, 0.1) is 0 Å². The van der Waals surface area contributed by atoms with Gasteiger partial charge in [-0.2, -0.15) is 0 Å². The van der Waals surface area contributed by atoms with Gasteiger partial charge in [-0.15, -0.1) is 0 Å². The van der Waals surface area contributed by atoms with Gasteiger partial charge in [-0.3, -0.25) is 0 Å². The van der Waals surface area contributed by atoms with Crippen molar-refractivity contribution in [2.24, 2.45) is 5.92 Å². The summed E-state index contributed by atoms with van der Waals surface area (Å²) in [5.41, 5.74) is -0.446. The van der Waals surface area contributed by atoms with E-state index in [1.165, 1.54) is 12.8 Å². The molecule has 0 radical (unpaired) electrons. The molecule has 0 aliphatic heterocycles. The summed E-state index contributed by atoms with van der Waals surface area (Å²) in [5.74, 6) is 0.495. The first-order valence-electron chi connectivity index (χ1n) is 7.35. The van der Waals surface area contributed by atoms with E-state index in [1.807, 2.05) is 20.8 Å². The number of hydrogen-bond acceptors (Lipinski definition) is 3. The van der Waals surface area contributed by atoms with Crippen molar-refractivity contribution in [3.63, 3.8) is 0 Å². The monoisotopic (exact) mass is 273 g/mol. The van der Waals surface area contributed by atoms with Crippen LogP contribution < -0.4 is 0 Å². The SMILES string of the molecule is CCCCC(CCO)CCN(C)C(=O)OC(C)(C)C. The molecule has 4 heteroatoms. The first kappa shape index (κ1) is 18.2. The molecule has 0 saturated carbocycles. The second-order valence-corrected chi connectivity index (χ2v) is 6.21. The van der Waals surface area contributed by atoms with Crippen molar-refractivity contribution >= 4 is 6.09 Å². The largest absolute Gasteiger partial charge is 0.444 e. The van der Waals surface area contributed by atoms with Gasteiger partial charge in [0.15, 0.2) is 0 Å². The van der Waals surface area contributed by atoms with Crippen molar-refractivity contribution in [2.75, 3.05) is 20.2 Å². The van der Waals surface area contributed by atoms with Crippen LogP contribution in [-0.4, -0.2) is 41.9 Å². The van der Waals surface area contributed by atoms with Crippen LogP contribution in [-0.2, 0) is 4.74 Å². The summed E-state index contributed by atoms with van der Waals surface area (Å²) in [6.07, 6.45) is 4.95. The second-order valence-electron chi connectivity index (χ2n) is 6.21. The van der Waals surface area contributed by atoms with Crippen molar-refractivity contribution < 1.29 is 14.6 Å². The van der Waals surface area contributed by atoms with Crippen LogP contribution in [0.2, 0.25) is 0 Å². The molecule has 0 bridgehead atoms. The number of nitrogens with zero attached hydrogens (tertiary/aromatic N) is 1. The van der Waals surface area contributed by atoms with Crippen molar-refractivity contribution in [1.29, 1.82) is 0 Å². The number of carbonyl (C=O) groups is 1. The highest BCUT2D eigenvalue weighted by Gasteiger charge is 2.20. The Labute approximate surface area is 118 Å². The summed E-state index contributed by atoms with van der Waals surface area (Å²) in [4.78, 5) is 13.4. The molecule has 0 aromatic carbocycles. The molecular formula is C15H31NO3. The number of ether oxygens (including phenoxy) is 1. The van der Waals surface area contributed by atoms with Gasteiger partial charge in [0.2, 0.25) is 0 Å². The quantitative estimate of drug-likeness (QED) is 0.737. The summed E-state index contributed by atoms with van der Waals surface area (Å²) < 4.78 is 5.31. The van der Waals surface area contributed by atoms with Crippen molar-refractivity contribution in [3.05, 3.63) is 0 Å². The third-order valence-electron chi connectivity index (χ3n) is 3.08. The number of unbranched alkanes of at least 4 members (excludes halogenated alkanes) is 1. The van der Waals surface area contributed by atoms with Crippen molar-refractivity contribution in [1.82, 2.24) is 4.90 Å². The van der Waals surface area contributed by atoms with E-state index in [4.69, 9.17) is 9.84 Å². The van der Waals surface area contributed by atoms with Gasteiger partial charge < -0.3 is 14.7 Å². The fraction of sp³-hybridized carbons (Fsp3) is 0.933. The van der Waals surface area contributed by atoms with E-state index < -0.39 is 5.60 Å². The molecule has 4 nitrogen and oxygen atoms in total. The lowest BCUT2D eigenvalue weighted by molar-refractivity contribution is 0.0288. The van der Waals surface area contributed by atoms with Gasteiger partial charge in [0, 0.05) is 20.2 Å². The smallest absolute Gasteiger partial charge is 0.410 e. The standard InChI is InChI=1S/C15H31NO3/c1-6-7-8-13(10-12-17)9-11-16(5)14(18)19-15(2,3)4/h13,17H,6-12H2,1-5H3. The summed E-state index contributed by atoms with van der Waals surface area (Å²) in [5, 5.41) is 9.06. The Morgan fingerprint density at radius 2 is 1.89 bits per heavy atom. The summed E-state index contributed by atoms with van der Waals surface area (Å²) in [6.45, 7) is 8.69. The molecule has 0 aliphatic carbocycles. The minimum atomic E-state index is -0.446. The lowest BCUT2D eigenvalue weighted by atomic mass is 9.95. The van der Waals surface area contributed by atoms with Crippen LogP contribution >= 0.6 is 0 Å². The number of amides is 1. The van der Waals surface area contributed by atoms with Gasteiger partial charge in [-0.1, -0.05) is 26.2 Å². The molecule has 0 spiro atoms. The van der Waals surface area contributed by atoms with Gasteiger partial charge in [-0.05, 0) is 39.5 Å². The fourth-order valence-electron chi connectivity index (χ4n) is 1.92. The lowest BCUT2D eigenvalue weighted by Crippen LogP contribution is -2.35. The third-order valence-corrected chi connectivity index (χ3v) is 3.08. The predicted molar refractivity (Wildman–Crippen MR) is 78.2 cm³/mol. The Kier molecular flexibility index (Phi) is 8.81. The van der Waals surface area contributed by atoms with Gasteiger partial charge >= 0.3 is 6.09 Å². The molecule has 0 rings (SSSR count). The minimum Gasteiger partial charge on any atom is -0.444 e. The van der Waals surface area contributed by atoms with E-state index in [0.717, 1.165) is 19.3 Å². The Hall–Kier alpha value is -0.770. The molecule has 114 valence electrons. The zero-order chi connectivity index (χ0) is 14.9. The first-order chi connectivity index (χ1) is 8.80. The minimum absolute atomic E-state index is 0.227. The van der Waals surface area contributed by atoms with Crippen LogP contribution in [0.15, 0.2) is 0 Å². The third kappa shape index (κ3) is 9.77. The molecule has 19 heavy (non-hydrogen) atoms. The van der Waals surface area contributed by atoms with E-state index in [0.29, 0.717) is 12.5 Å². The van der Waals surface area contributed by atoms with Gasteiger partial charge in [0.25, 0.3) is 0 Å². The zero-order valence-corrected chi connectivity index (χ0v) is 13.2. The van der Waals surface area contributed by atoms with E-state index in [-0.39, 0.29) is 12.7 Å². The maximum atomic E-state index is 11.8. The van der Waals surface area contributed by atoms with Crippen LogP contribution in [0.4, 0.5) is 4.79 Å². The Bertz CT molecular complexity index is 248. The number of aliphatic hydroxyl groups is 1. The van der Waals surface area contributed by atoms with Gasteiger partial charge in [-0.25, -0.2) is 4.79 Å². The average molecular weight is 273 g/mol. The topological polar surface area (TPSA) is 49.8 Å². The zero-order valence-electron chi connectivity index (χ0n) is 13.2. The molecule has 0 aromatic heterocycles. The predicted octanol–water partition coefficient (Wildman–Crippen LogP) is 3.43. The Balaban J connectivity index is 4.08. The van der Waals surface area contributed by atoms with Crippen LogP contribution in [0.1, 0.15) is 59.8 Å². The van der Waals surface area contributed by atoms with Crippen LogP contribution in [0, 0.1) is 5.92 Å². The summed E-state index contributed by atoms with van der Waals surface area (Å²) in [6, 6.07) is 0. The van der Waals surface area contributed by atoms with Crippen molar-refractivity contribution in [2.45, 2.75) is 65.4 Å². The molecule has 0 fully saturated rings. The van der Waals surface area contributed by atoms with Crippen molar-refractivity contribution in [3.8, 4) is 0 Å². The molecule has 1 N–H and O–H groups in total. The van der Waals surface area contributed by atoms with Crippen LogP contribution in [0.5, 0.6) is 0 Å². The summed E-state index contributed by atoms with van der Waals surface area (Å²) in [7, 11) is 1.77. The van der Waals surface area contributed by atoms with E-state index in [2.05, 4.69) is 6.92 Å². The Morgan fingerprint density at radius 1 is 1.26 bits per heavy atom. The maximum absolute atomic E-state index is 11.8. The van der Waals surface area contributed by atoms with E-state index >= 15 is 0 Å². The molecular weight excluding hydrogens is 242 g/mol. The average Bonchev–Trinajstić information content (AvgIpc) is 2.30. The van der Waals surface area contributed by atoms with Gasteiger partial charge in [0.1, 0.15) is 5.60 Å². The molecule has 0 saturated heterocycles. The molecule has 0 aromatic rings. The van der Waals surface area contributed by atoms with Crippen LogP contribution in [0.3, 0.4) is 0 Å². The molecule has 0 heterocycles. The lowest BCUT2D eigenvalue weighted by Gasteiger charge is -2.26. The van der Waals surface area contributed by atoms with E-state index in [1.54, 1.807) is 11.9 Å². The number of carbonyl (C=O) groups excluding carboxylic acids is 1. The normalized spacial score (nSPS) is 13.2. The number of rotatable bonds is 8. The number of hydrogen-bond donors (Lipinski definition) is 1. The molecule has 0 aliphatic rings. The fourth-order valence-corrected chi connectivity index (χ4v) is 1.92. The summed E-state index contributed by atoms with van der Waals surface area (Å²) >= 11 is 0. The Morgan fingerprint density at radius 3 is 2.37 bits per heavy atom. The first-order valence-corrected chi connectivity index (χ1v) is 7.35. The van der Waals surface area contributed by atoms with Crippen LogP contribution in [0.25, 0.3) is 0 Å².